The zero-order valence-electron chi connectivity index (χ0n) is 14.1. The molecule has 26 heavy (non-hydrogen) atoms. The molecule has 0 aliphatic heterocycles. The molecule has 0 bridgehead atoms. The summed E-state index contributed by atoms with van der Waals surface area (Å²) < 4.78 is 0. The van der Waals surface area contributed by atoms with Gasteiger partial charge in [0, 0.05) is 16.6 Å². The summed E-state index contributed by atoms with van der Waals surface area (Å²) >= 11 is 5.84. The van der Waals surface area contributed by atoms with Gasteiger partial charge in [0.2, 0.25) is 5.91 Å². The lowest BCUT2D eigenvalue weighted by Crippen LogP contribution is -2.19. The molecule has 7 heteroatoms. The molecule has 0 aromatic heterocycles. The van der Waals surface area contributed by atoms with Gasteiger partial charge in [0.1, 0.15) is 5.75 Å². The molecule has 1 fully saturated rings. The molecule has 1 saturated carbocycles. The normalized spacial score (nSPS) is 14.0. The summed E-state index contributed by atoms with van der Waals surface area (Å²) in [6, 6.07) is 11.4. The summed E-state index contributed by atoms with van der Waals surface area (Å²) in [6.07, 6.45) is 1.91. The van der Waals surface area contributed by atoms with Crippen molar-refractivity contribution >= 4 is 34.8 Å². The number of phenols is 1. The van der Waals surface area contributed by atoms with Gasteiger partial charge in [-0.3, -0.25) is 9.59 Å². The van der Waals surface area contributed by atoms with Crippen LogP contribution >= 0.6 is 11.6 Å². The fraction of sp³-hybridized carbons (Fsp3) is 0.211. The Morgan fingerprint density at radius 1 is 1.15 bits per heavy atom. The fourth-order valence-electron chi connectivity index (χ4n) is 2.33. The Hall–Kier alpha value is -2.86. The van der Waals surface area contributed by atoms with Crippen LogP contribution in [0.2, 0.25) is 5.02 Å². The predicted octanol–water partition coefficient (Wildman–Crippen LogP) is 3.55. The Kier molecular flexibility index (Phi) is 5.23. The van der Waals surface area contributed by atoms with Crippen LogP contribution in [0.4, 0.5) is 5.69 Å². The molecular formula is C19H18ClN3O3. The van der Waals surface area contributed by atoms with Crippen LogP contribution in [0.15, 0.2) is 47.6 Å². The molecule has 2 amide bonds. The first-order valence-corrected chi connectivity index (χ1v) is 8.56. The van der Waals surface area contributed by atoms with Crippen LogP contribution < -0.4 is 10.7 Å². The highest BCUT2D eigenvalue weighted by molar-refractivity contribution is 6.31. The Balaban J connectivity index is 1.64. The second kappa shape index (κ2) is 7.58. The van der Waals surface area contributed by atoms with Gasteiger partial charge in [0.15, 0.2) is 0 Å². The van der Waals surface area contributed by atoms with Crippen molar-refractivity contribution in [1.82, 2.24) is 5.43 Å². The number of phenolic OH excluding ortho intramolecular Hbond substituents is 1. The number of benzene rings is 2. The molecule has 2 aromatic carbocycles. The lowest BCUT2D eigenvalue weighted by molar-refractivity contribution is -0.117. The molecule has 1 aliphatic rings. The number of nitrogens with one attached hydrogen (secondary N) is 2. The van der Waals surface area contributed by atoms with Gasteiger partial charge >= 0.3 is 0 Å². The van der Waals surface area contributed by atoms with E-state index in [1.807, 2.05) is 12.1 Å². The van der Waals surface area contributed by atoms with Gasteiger partial charge in [-0.05, 0) is 55.7 Å². The molecular weight excluding hydrogens is 354 g/mol. The smallest absolute Gasteiger partial charge is 0.275 e. The average molecular weight is 372 g/mol. The summed E-state index contributed by atoms with van der Waals surface area (Å²) in [5, 5.41) is 17.0. The van der Waals surface area contributed by atoms with Crippen LogP contribution in [0.5, 0.6) is 5.75 Å². The van der Waals surface area contributed by atoms with Crippen LogP contribution in [0.1, 0.15) is 35.7 Å². The highest BCUT2D eigenvalue weighted by atomic mass is 35.5. The Bertz CT molecular complexity index is 874. The van der Waals surface area contributed by atoms with E-state index in [0.717, 1.165) is 24.1 Å². The first-order chi connectivity index (χ1) is 12.4. The zero-order chi connectivity index (χ0) is 18.7. The second-order valence-electron chi connectivity index (χ2n) is 6.14. The number of aromatic hydroxyl groups is 1. The molecule has 3 N–H and O–H groups in total. The molecule has 0 saturated heterocycles. The van der Waals surface area contributed by atoms with Gasteiger partial charge in [-0.2, -0.15) is 5.10 Å². The van der Waals surface area contributed by atoms with Crippen molar-refractivity contribution in [3.63, 3.8) is 0 Å². The van der Waals surface area contributed by atoms with E-state index in [9.17, 15) is 14.7 Å². The monoisotopic (exact) mass is 371 g/mol. The number of nitrogens with zero attached hydrogens (tertiary/aromatic N) is 1. The van der Waals surface area contributed by atoms with Gasteiger partial charge in [-0.15, -0.1) is 0 Å². The van der Waals surface area contributed by atoms with Crippen molar-refractivity contribution in [2.75, 3.05) is 5.32 Å². The fourth-order valence-corrected chi connectivity index (χ4v) is 2.51. The molecule has 0 radical (unpaired) electrons. The van der Waals surface area contributed by atoms with Crippen LogP contribution in [-0.2, 0) is 4.79 Å². The second-order valence-corrected chi connectivity index (χ2v) is 6.58. The highest BCUT2D eigenvalue weighted by Crippen LogP contribution is 2.30. The molecule has 134 valence electrons. The molecule has 0 spiro atoms. The van der Waals surface area contributed by atoms with Gasteiger partial charge in [0.25, 0.3) is 5.91 Å². The maximum absolute atomic E-state index is 12.1. The van der Waals surface area contributed by atoms with Crippen LogP contribution in [0, 0.1) is 5.92 Å². The molecule has 0 unspecified atom stereocenters. The Morgan fingerprint density at radius 2 is 1.85 bits per heavy atom. The molecule has 0 heterocycles. The van der Waals surface area contributed by atoms with E-state index in [0.29, 0.717) is 10.7 Å². The number of rotatable bonds is 5. The quantitative estimate of drug-likeness (QED) is 0.554. The van der Waals surface area contributed by atoms with E-state index in [2.05, 4.69) is 15.8 Å². The van der Waals surface area contributed by atoms with Crippen molar-refractivity contribution in [3.05, 3.63) is 58.6 Å². The molecule has 2 aromatic rings. The van der Waals surface area contributed by atoms with Crippen molar-refractivity contribution < 1.29 is 14.7 Å². The summed E-state index contributed by atoms with van der Waals surface area (Å²) in [7, 11) is 0. The molecule has 1 aliphatic carbocycles. The number of carbonyl (C=O) groups excluding carboxylic acids is 2. The standard InChI is InChI=1S/C19H18ClN3O3/c1-11(22-23-19(26)16-10-14(20)6-9-17(16)24)12-4-7-15(8-5-12)21-18(25)13-2-3-13/h4-10,13,24H,2-3H2,1H3,(H,21,25)(H,23,26)/b22-11+. The highest BCUT2D eigenvalue weighted by Gasteiger charge is 2.29. The number of hydrazone groups is 1. The third-order valence-electron chi connectivity index (χ3n) is 4.05. The SMILES string of the molecule is C/C(=N\NC(=O)c1cc(Cl)ccc1O)c1ccc(NC(=O)C2CC2)cc1. The van der Waals surface area contributed by atoms with E-state index < -0.39 is 5.91 Å². The number of hydrogen-bond acceptors (Lipinski definition) is 4. The maximum atomic E-state index is 12.1. The van der Waals surface area contributed by atoms with E-state index in [4.69, 9.17) is 11.6 Å². The van der Waals surface area contributed by atoms with Gasteiger partial charge in [-0.1, -0.05) is 23.7 Å². The minimum atomic E-state index is -0.558. The number of anilines is 1. The molecule has 6 nitrogen and oxygen atoms in total. The minimum absolute atomic E-state index is 0.0483. The van der Waals surface area contributed by atoms with Crippen LogP contribution in [0.3, 0.4) is 0 Å². The lowest BCUT2D eigenvalue weighted by atomic mass is 10.1. The van der Waals surface area contributed by atoms with Gasteiger partial charge in [-0.25, -0.2) is 5.43 Å². The van der Waals surface area contributed by atoms with E-state index in [1.165, 1.54) is 18.2 Å². The number of amides is 2. The topological polar surface area (TPSA) is 90.8 Å². The summed E-state index contributed by atoms with van der Waals surface area (Å²) in [6.45, 7) is 1.75. The maximum Gasteiger partial charge on any atom is 0.275 e. The average Bonchev–Trinajstić information content (AvgIpc) is 3.47. The van der Waals surface area contributed by atoms with Crippen molar-refractivity contribution in [2.45, 2.75) is 19.8 Å². The van der Waals surface area contributed by atoms with Gasteiger partial charge in [0.05, 0.1) is 11.3 Å². The third kappa shape index (κ3) is 4.40. The first kappa shape index (κ1) is 17.9. The number of hydrogen-bond donors (Lipinski definition) is 3. The molecule has 3 rings (SSSR count). The largest absolute Gasteiger partial charge is 0.507 e. The first-order valence-electron chi connectivity index (χ1n) is 8.18. The van der Waals surface area contributed by atoms with Crippen molar-refractivity contribution in [1.29, 1.82) is 0 Å². The van der Waals surface area contributed by atoms with E-state index in [-0.39, 0.29) is 23.1 Å². The summed E-state index contributed by atoms with van der Waals surface area (Å²) in [5.74, 6) is -0.527. The minimum Gasteiger partial charge on any atom is -0.507 e. The van der Waals surface area contributed by atoms with E-state index >= 15 is 0 Å². The number of halogens is 1. The van der Waals surface area contributed by atoms with Crippen LogP contribution in [0.25, 0.3) is 0 Å². The summed E-state index contributed by atoms with van der Waals surface area (Å²) in [4.78, 5) is 23.9. The third-order valence-corrected chi connectivity index (χ3v) is 4.28. The van der Waals surface area contributed by atoms with Crippen molar-refractivity contribution in [2.24, 2.45) is 11.0 Å². The lowest BCUT2D eigenvalue weighted by Gasteiger charge is -2.07. The zero-order valence-corrected chi connectivity index (χ0v) is 14.9. The Morgan fingerprint density at radius 3 is 2.50 bits per heavy atom. The Labute approximate surface area is 155 Å². The van der Waals surface area contributed by atoms with Gasteiger partial charge < -0.3 is 10.4 Å². The van der Waals surface area contributed by atoms with E-state index in [1.54, 1.807) is 19.1 Å². The summed E-state index contributed by atoms with van der Waals surface area (Å²) in [5.41, 5.74) is 4.55. The number of carbonyl (C=O) groups is 2. The van der Waals surface area contributed by atoms with Crippen LogP contribution in [-0.4, -0.2) is 22.6 Å². The predicted molar refractivity (Wildman–Crippen MR) is 101 cm³/mol. The molecule has 0 atom stereocenters. The van der Waals surface area contributed by atoms with Crippen molar-refractivity contribution in [3.8, 4) is 5.75 Å².